The normalized spacial score (nSPS) is 20.9. The van der Waals surface area contributed by atoms with Crippen LogP contribution in [0.3, 0.4) is 0 Å². The third kappa shape index (κ3) is 2.90. The molecule has 2 saturated heterocycles. The number of nitrogens with zero attached hydrogens (tertiary/aromatic N) is 3. The van der Waals surface area contributed by atoms with Crippen molar-refractivity contribution in [3.63, 3.8) is 0 Å². The van der Waals surface area contributed by atoms with Gasteiger partial charge in [0.05, 0.1) is 17.1 Å². The molecule has 1 aromatic carbocycles. The van der Waals surface area contributed by atoms with Crippen LogP contribution >= 0.6 is 0 Å². The number of hydrogen-bond acceptors (Lipinski definition) is 4. The molecule has 3 amide bonds. The maximum absolute atomic E-state index is 12.6. The quantitative estimate of drug-likeness (QED) is 0.860. The highest BCUT2D eigenvalue weighted by molar-refractivity contribution is 6.02. The molecule has 0 aliphatic carbocycles. The number of likely N-dealkylation sites (tertiary alicyclic amines) is 2. The number of H-pyrrole nitrogens is 1. The maximum atomic E-state index is 12.6. The summed E-state index contributed by atoms with van der Waals surface area (Å²) < 4.78 is 0. The van der Waals surface area contributed by atoms with Gasteiger partial charge in [0.2, 0.25) is 17.7 Å². The van der Waals surface area contributed by atoms with Crippen LogP contribution in [0, 0.1) is 0 Å². The predicted octanol–water partition coefficient (Wildman–Crippen LogP) is 1.77. The SMILES string of the molecule is O=C1CCC(=O)N1CCC(=O)N1CCC[C@@H]1c1nc2ccccc2[nH]1. The van der Waals surface area contributed by atoms with Gasteiger partial charge in [-0.05, 0) is 25.0 Å². The maximum Gasteiger partial charge on any atom is 0.229 e. The molecular formula is C18H20N4O3. The molecular weight excluding hydrogens is 320 g/mol. The zero-order valence-corrected chi connectivity index (χ0v) is 13.9. The Kier molecular flexibility index (Phi) is 3.99. The smallest absolute Gasteiger partial charge is 0.229 e. The molecule has 0 radical (unpaired) electrons. The summed E-state index contributed by atoms with van der Waals surface area (Å²) in [4.78, 5) is 47.0. The highest BCUT2D eigenvalue weighted by atomic mass is 16.2. The van der Waals surface area contributed by atoms with E-state index in [9.17, 15) is 14.4 Å². The standard InChI is InChI=1S/C18H20N4O3/c23-15-7-8-16(24)22(15)11-9-17(25)21-10-3-6-14(21)18-19-12-4-1-2-5-13(12)20-18/h1-2,4-5,14H,3,6-11H2,(H,19,20)/t14-/m1/s1. The molecule has 1 atom stereocenters. The third-order valence-corrected chi connectivity index (χ3v) is 5.00. The molecule has 0 unspecified atom stereocenters. The van der Waals surface area contributed by atoms with Crippen molar-refractivity contribution in [1.82, 2.24) is 19.8 Å². The average Bonchev–Trinajstić information content (AvgIpc) is 3.31. The van der Waals surface area contributed by atoms with Crippen LogP contribution in [0.2, 0.25) is 0 Å². The first kappa shape index (κ1) is 15.8. The number of imide groups is 1. The van der Waals surface area contributed by atoms with Gasteiger partial charge in [-0.3, -0.25) is 19.3 Å². The molecule has 2 aromatic rings. The van der Waals surface area contributed by atoms with E-state index < -0.39 is 0 Å². The molecule has 1 aromatic heterocycles. The van der Waals surface area contributed by atoms with E-state index in [1.165, 1.54) is 4.90 Å². The van der Waals surface area contributed by atoms with E-state index >= 15 is 0 Å². The van der Waals surface area contributed by atoms with Gasteiger partial charge in [0.1, 0.15) is 5.82 Å². The fraction of sp³-hybridized carbons (Fsp3) is 0.444. The Morgan fingerprint density at radius 3 is 2.72 bits per heavy atom. The Morgan fingerprint density at radius 2 is 1.96 bits per heavy atom. The second-order valence-electron chi connectivity index (χ2n) is 6.57. The Morgan fingerprint density at radius 1 is 1.20 bits per heavy atom. The number of aromatic amines is 1. The van der Waals surface area contributed by atoms with Crippen molar-refractivity contribution < 1.29 is 14.4 Å². The minimum atomic E-state index is -0.173. The molecule has 3 heterocycles. The first-order valence-electron chi connectivity index (χ1n) is 8.71. The molecule has 1 N–H and O–H groups in total. The Labute approximate surface area is 145 Å². The van der Waals surface area contributed by atoms with Crippen LogP contribution in [0.1, 0.15) is 44.0 Å². The molecule has 2 aliphatic heterocycles. The van der Waals surface area contributed by atoms with Gasteiger partial charge in [0.15, 0.2) is 0 Å². The molecule has 25 heavy (non-hydrogen) atoms. The summed E-state index contributed by atoms with van der Waals surface area (Å²) in [6, 6.07) is 7.74. The predicted molar refractivity (Wildman–Crippen MR) is 90.4 cm³/mol. The average molecular weight is 340 g/mol. The van der Waals surface area contributed by atoms with Gasteiger partial charge in [0.25, 0.3) is 0 Å². The van der Waals surface area contributed by atoms with E-state index in [0.29, 0.717) is 6.54 Å². The zero-order chi connectivity index (χ0) is 17.4. The fourth-order valence-electron chi connectivity index (χ4n) is 3.70. The molecule has 7 heteroatoms. The molecule has 2 aliphatic rings. The molecule has 0 bridgehead atoms. The first-order valence-corrected chi connectivity index (χ1v) is 8.71. The van der Waals surface area contributed by atoms with E-state index in [1.54, 1.807) is 0 Å². The summed E-state index contributed by atoms with van der Waals surface area (Å²) in [5, 5.41) is 0. The zero-order valence-electron chi connectivity index (χ0n) is 13.9. The van der Waals surface area contributed by atoms with E-state index in [0.717, 1.165) is 29.7 Å². The van der Waals surface area contributed by atoms with E-state index in [2.05, 4.69) is 9.97 Å². The lowest BCUT2D eigenvalue weighted by Gasteiger charge is -2.24. The number of para-hydroxylation sites is 2. The second kappa shape index (κ2) is 6.31. The number of nitrogens with one attached hydrogen (secondary N) is 1. The number of rotatable bonds is 4. The fourth-order valence-corrected chi connectivity index (χ4v) is 3.70. The van der Waals surface area contributed by atoms with Gasteiger partial charge in [0, 0.05) is 32.4 Å². The van der Waals surface area contributed by atoms with E-state index in [4.69, 9.17) is 0 Å². The van der Waals surface area contributed by atoms with Crippen LogP contribution in [0.4, 0.5) is 0 Å². The summed E-state index contributed by atoms with van der Waals surface area (Å²) >= 11 is 0. The Bertz CT molecular complexity index is 795. The number of benzene rings is 1. The summed E-state index contributed by atoms with van der Waals surface area (Å²) in [6.45, 7) is 0.863. The first-order chi connectivity index (χ1) is 12.1. The second-order valence-corrected chi connectivity index (χ2v) is 6.57. The van der Waals surface area contributed by atoms with Crippen molar-refractivity contribution in [3.8, 4) is 0 Å². The highest BCUT2D eigenvalue weighted by Gasteiger charge is 2.34. The largest absolute Gasteiger partial charge is 0.340 e. The van der Waals surface area contributed by atoms with Crippen LogP contribution in [-0.2, 0) is 14.4 Å². The lowest BCUT2D eigenvalue weighted by atomic mass is 10.2. The molecule has 130 valence electrons. The number of carbonyl (C=O) groups excluding carboxylic acids is 3. The molecule has 0 saturated carbocycles. The van der Waals surface area contributed by atoms with Crippen LogP contribution < -0.4 is 0 Å². The van der Waals surface area contributed by atoms with Crippen molar-refractivity contribution in [1.29, 1.82) is 0 Å². The number of fused-ring (bicyclic) bond motifs is 1. The molecule has 2 fully saturated rings. The summed E-state index contributed by atoms with van der Waals surface area (Å²) in [5.74, 6) is 0.428. The monoisotopic (exact) mass is 340 g/mol. The van der Waals surface area contributed by atoms with Crippen LogP contribution in [0.25, 0.3) is 11.0 Å². The van der Waals surface area contributed by atoms with Gasteiger partial charge in [-0.2, -0.15) is 0 Å². The topological polar surface area (TPSA) is 86.4 Å². The van der Waals surface area contributed by atoms with Crippen molar-refractivity contribution in [2.75, 3.05) is 13.1 Å². The van der Waals surface area contributed by atoms with Crippen molar-refractivity contribution >= 4 is 28.8 Å². The lowest BCUT2D eigenvalue weighted by Crippen LogP contribution is -2.36. The van der Waals surface area contributed by atoms with Crippen LogP contribution in [0.5, 0.6) is 0 Å². The van der Waals surface area contributed by atoms with Crippen LogP contribution in [-0.4, -0.2) is 50.6 Å². The minimum absolute atomic E-state index is 0.0320. The Balaban J connectivity index is 1.46. The van der Waals surface area contributed by atoms with Crippen LogP contribution in [0.15, 0.2) is 24.3 Å². The van der Waals surface area contributed by atoms with Gasteiger partial charge in [-0.15, -0.1) is 0 Å². The minimum Gasteiger partial charge on any atom is -0.340 e. The third-order valence-electron chi connectivity index (χ3n) is 5.00. The summed E-state index contributed by atoms with van der Waals surface area (Å²) in [6.07, 6.45) is 2.49. The molecule has 0 spiro atoms. The molecule has 7 nitrogen and oxygen atoms in total. The van der Waals surface area contributed by atoms with Crippen molar-refractivity contribution in [2.45, 2.75) is 38.1 Å². The van der Waals surface area contributed by atoms with Gasteiger partial charge in [-0.1, -0.05) is 12.1 Å². The number of aromatic nitrogens is 2. The van der Waals surface area contributed by atoms with E-state index in [-0.39, 0.29) is 49.6 Å². The van der Waals surface area contributed by atoms with Gasteiger partial charge >= 0.3 is 0 Å². The number of imidazole rings is 1. The highest BCUT2D eigenvalue weighted by Crippen LogP contribution is 2.32. The van der Waals surface area contributed by atoms with Gasteiger partial charge in [-0.25, -0.2) is 4.98 Å². The summed E-state index contributed by atoms with van der Waals surface area (Å²) in [5.41, 5.74) is 1.86. The Hall–Kier alpha value is -2.70. The molecule has 4 rings (SSSR count). The number of carbonyl (C=O) groups is 3. The van der Waals surface area contributed by atoms with E-state index in [1.807, 2.05) is 29.2 Å². The number of hydrogen-bond donors (Lipinski definition) is 1. The lowest BCUT2D eigenvalue weighted by molar-refractivity contribution is -0.139. The summed E-state index contributed by atoms with van der Waals surface area (Å²) in [7, 11) is 0. The van der Waals surface area contributed by atoms with Crippen molar-refractivity contribution in [2.24, 2.45) is 0 Å². The number of amides is 3. The van der Waals surface area contributed by atoms with Gasteiger partial charge < -0.3 is 9.88 Å². The van der Waals surface area contributed by atoms with Crippen molar-refractivity contribution in [3.05, 3.63) is 30.1 Å².